The molecule has 1 heterocycles. The van der Waals surface area contributed by atoms with Gasteiger partial charge in [-0.25, -0.2) is 0 Å². The lowest BCUT2D eigenvalue weighted by Crippen LogP contribution is -2.22. The van der Waals surface area contributed by atoms with E-state index < -0.39 is 0 Å². The maximum atomic E-state index is 11.1. The summed E-state index contributed by atoms with van der Waals surface area (Å²) in [5.41, 5.74) is 0. The number of carbonyl (C=O) groups is 2. The van der Waals surface area contributed by atoms with Crippen LogP contribution in [0.5, 0.6) is 0 Å². The van der Waals surface area contributed by atoms with Crippen LogP contribution in [0.4, 0.5) is 0 Å². The molecule has 4 heteroatoms. The van der Waals surface area contributed by atoms with Gasteiger partial charge in [0.15, 0.2) is 5.78 Å². The Balaban J connectivity index is 2.45. The second-order valence-electron chi connectivity index (χ2n) is 2.92. The standard InChI is InChI=1S/C10H12O4/c1-8(11)14-7-10-6-9(12)4-2-3-5-13-10/h2-5,10H,6-7H2,1H3/b4-2+,5-3+/t10-/m0/s1. The molecule has 0 bridgehead atoms. The Labute approximate surface area is 82.2 Å². The fraction of sp³-hybridized carbons (Fsp3) is 0.400. The second kappa shape index (κ2) is 5.21. The first kappa shape index (κ1) is 10.5. The van der Waals surface area contributed by atoms with Gasteiger partial charge in [0, 0.05) is 6.92 Å². The summed E-state index contributed by atoms with van der Waals surface area (Å²) in [5, 5.41) is 0. The van der Waals surface area contributed by atoms with E-state index >= 15 is 0 Å². The van der Waals surface area contributed by atoms with Crippen LogP contribution in [0.1, 0.15) is 13.3 Å². The molecular formula is C10H12O4. The number of esters is 1. The smallest absolute Gasteiger partial charge is 0.302 e. The number of hydrogen-bond acceptors (Lipinski definition) is 4. The maximum absolute atomic E-state index is 11.1. The van der Waals surface area contributed by atoms with Crippen LogP contribution in [0.3, 0.4) is 0 Å². The summed E-state index contributed by atoms with van der Waals surface area (Å²) < 4.78 is 9.93. The highest BCUT2D eigenvalue weighted by Gasteiger charge is 2.14. The van der Waals surface area contributed by atoms with Gasteiger partial charge in [0.25, 0.3) is 0 Å². The van der Waals surface area contributed by atoms with Gasteiger partial charge in [0.2, 0.25) is 0 Å². The van der Waals surface area contributed by atoms with Gasteiger partial charge >= 0.3 is 5.97 Å². The van der Waals surface area contributed by atoms with E-state index in [-0.39, 0.29) is 30.9 Å². The Kier molecular flexibility index (Phi) is 3.91. The zero-order chi connectivity index (χ0) is 10.4. The summed E-state index contributed by atoms with van der Waals surface area (Å²) in [5.74, 6) is -0.408. The zero-order valence-corrected chi connectivity index (χ0v) is 7.93. The molecule has 0 saturated carbocycles. The van der Waals surface area contributed by atoms with E-state index in [1.807, 2.05) is 0 Å². The topological polar surface area (TPSA) is 52.6 Å². The van der Waals surface area contributed by atoms with Crippen molar-refractivity contribution in [1.29, 1.82) is 0 Å². The highest BCUT2D eigenvalue weighted by molar-refractivity contribution is 5.90. The van der Waals surface area contributed by atoms with Crippen molar-refractivity contribution in [2.24, 2.45) is 0 Å². The summed E-state index contributed by atoms with van der Waals surface area (Å²) in [7, 11) is 0. The van der Waals surface area contributed by atoms with Crippen molar-refractivity contribution in [3.63, 3.8) is 0 Å². The molecule has 14 heavy (non-hydrogen) atoms. The number of carbonyl (C=O) groups excluding carboxylic acids is 2. The van der Waals surface area contributed by atoms with Gasteiger partial charge in [0.05, 0.1) is 12.7 Å². The van der Waals surface area contributed by atoms with E-state index in [4.69, 9.17) is 9.47 Å². The van der Waals surface area contributed by atoms with Gasteiger partial charge in [-0.1, -0.05) is 6.08 Å². The van der Waals surface area contributed by atoms with Gasteiger partial charge in [-0.15, -0.1) is 0 Å². The molecule has 0 saturated heterocycles. The molecule has 0 spiro atoms. The van der Waals surface area contributed by atoms with Crippen LogP contribution in [-0.2, 0) is 19.1 Å². The molecule has 0 aromatic rings. The molecule has 0 radical (unpaired) electrons. The van der Waals surface area contributed by atoms with Crippen LogP contribution in [-0.4, -0.2) is 24.5 Å². The molecule has 4 nitrogen and oxygen atoms in total. The maximum Gasteiger partial charge on any atom is 0.302 e. The average molecular weight is 196 g/mol. The van der Waals surface area contributed by atoms with E-state index in [0.29, 0.717) is 0 Å². The molecule has 76 valence electrons. The minimum absolute atomic E-state index is 0.0356. The highest BCUT2D eigenvalue weighted by Crippen LogP contribution is 2.05. The molecule has 0 aromatic heterocycles. The lowest BCUT2D eigenvalue weighted by molar-refractivity contribution is -0.144. The molecule has 1 atom stereocenters. The van der Waals surface area contributed by atoms with Gasteiger partial charge < -0.3 is 9.47 Å². The van der Waals surface area contributed by atoms with E-state index in [9.17, 15) is 9.59 Å². The Morgan fingerprint density at radius 3 is 3.14 bits per heavy atom. The quantitative estimate of drug-likeness (QED) is 0.618. The molecule has 0 aliphatic carbocycles. The fourth-order valence-corrected chi connectivity index (χ4v) is 1.01. The first-order valence-electron chi connectivity index (χ1n) is 4.33. The minimum Gasteiger partial charge on any atom is -0.494 e. The van der Waals surface area contributed by atoms with Crippen LogP contribution in [0.2, 0.25) is 0 Å². The first-order valence-corrected chi connectivity index (χ1v) is 4.33. The number of rotatable bonds is 2. The number of hydrogen-bond donors (Lipinski definition) is 0. The fourth-order valence-electron chi connectivity index (χ4n) is 1.01. The second-order valence-corrected chi connectivity index (χ2v) is 2.92. The van der Waals surface area contributed by atoms with Crippen molar-refractivity contribution in [1.82, 2.24) is 0 Å². The number of ether oxygens (including phenoxy) is 2. The highest BCUT2D eigenvalue weighted by atomic mass is 16.6. The molecule has 0 aromatic carbocycles. The summed E-state index contributed by atoms with van der Waals surface area (Å²) in [6.45, 7) is 1.43. The Morgan fingerprint density at radius 1 is 1.64 bits per heavy atom. The largest absolute Gasteiger partial charge is 0.494 e. The number of ketones is 1. The Hall–Kier alpha value is -1.58. The molecule has 1 aliphatic heterocycles. The van der Waals surface area contributed by atoms with E-state index in [1.54, 1.807) is 12.2 Å². The molecule has 0 unspecified atom stereocenters. The van der Waals surface area contributed by atoms with Gasteiger partial charge in [-0.2, -0.15) is 0 Å². The Bertz CT molecular complexity index is 278. The monoisotopic (exact) mass is 196 g/mol. The summed E-state index contributed by atoms with van der Waals surface area (Å²) in [4.78, 5) is 21.7. The molecule has 1 aliphatic rings. The van der Waals surface area contributed by atoms with Crippen molar-refractivity contribution in [2.45, 2.75) is 19.4 Å². The van der Waals surface area contributed by atoms with Crippen LogP contribution in [0.25, 0.3) is 0 Å². The van der Waals surface area contributed by atoms with Crippen molar-refractivity contribution >= 4 is 11.8 Å². The van der Waals surface area contributed by atoms with Crippen LogP contribution >= 0.6 is 0 Å². The summed E-state index contributed by atoms with van der Waals surface area (Å²) >= 11 is 0. The summed E-state index contributed by atoms with van der Waals surface area (Å²) in [6, 6.07) is 0. The van der Waals surface area contributed by atoms with Crippen molar-refractivity contribution < 1.29 is 19.1 Å². The van der Waals surface area contributed by atoms with Crippen LogP contribution in [0, 0.1) is 0 Å². The third-order valence-corrected chi connectivity index (χ3v) is 1.64. The van der Waals surface area contributed by atoms with Crippen molar-refractivity contribution in [3.8, 4) is 0 Å². The predicted octanol–water partition coefficient (Wildman–Crippen LogP) is 0.977. The van der Waals surface area contributed by atoms with E-state index in [2.05, 4.69) is 0 Å². The van der Waals surface area contributed by atoms with Crippen LogP contribution in [0.15, 0.2) is 24.5 Å². The number of allylic oxidation sites excluding steroid dienone is 3. The van der Waals surface area contributed by atoms with Gasteiger partial charge in [-0.05, 0) is 12.2 Å². The third-order valence-electron chi connectivity index (χ3n) is 1.64. The predicted molar refractivity (Wildman–Crippen MR) is 49.4 cm³/mol. The average Bonchev–Trinajstić information content (AvgIpc) is 2.08. The van der Waals surface area contributed by atoms with Crippen molar-refractivity contribution in [2.75, 3.05) is 6.61 Å². The first-order chi connectivity index (χ1) is 6.68. The third kappa shape index (κ3) is 3.89. The Morgan fingerprint density at radius 2 is 2.43 bits per heavy atom. The normalized spacial score (nSPS) is 25.5. The lowest BCUT2D eigenvalue weighted by Gasteiger charge is -2.15. The SMILES string of the molecule is CC(=O)OC[C@@H]1CC(=O)/C=C/C=C/O1. The molecule has 0 amide bonds. The minimum atomic E-state index is -0.382. The molecule has 0 fully saturated rings. The van der Waals surface area contributed by atoms with Gasteiger partial charge in [0.1, 0.15) is 12.7 Å². The lowest BCUT2D eigenvalue weighted by atomic mass is 10.1. The molecule has 1 rings (SSSR count). The van der Waals surface area contributed by atoms with E-state index in [0.717, 1.165) is 0 Å². The zero-order valence-electron chi connectivity index (χ0n) is 7.93. The van der Waals surface area contributed by atoms with Gasteiger partial charge in [-0.3, -0.25) is 9.59 Å². The van der Waals surface area contributed by atoms with E-state index in [1.165, 1.54) is 19.3 Å². The van der Waals surface area contributed by atoms with Crippen molar-refractivity contribution in [3.05, 3.63) is 24.5 Å². The molecular weight excluding hydrogens is 184 g/mol. The van der Waals surface area contributed by atoms with Crippen LogP contribution < -0.4 is 0 Å². The summed E-state index contributed by atoms with van der Waals surface area (Å²) in [6.07, 6.45) is 6.04. The molecule has 0 N–H and O–H groups in total.